The molecular weight excluding hydrogens is 334 g/mol. The molecule has 0 saturated heterocycles. The lowest BCUT2D eigenvalue weighted by Crippen LogP contribution is -2.11. The van der Waals surface area contributed by atoms with E-state index in [0.29, 0.717) is 21.5 Å². The molecule has 0 spiro atoms. The molecule has 1 aromatic heterocycles. The van der Waals surface area contributed by atoms with Crippen molar-refractivity contribution in [3.63, 3.8) is 0 Å². The summed E-state index contributed by atoms with van der Waals surface area (Å²) < 4.78 is 27.0. The second-order valence-corrected chi connectivity index (χ2v) is 7.57. The molecule has 0 aliphatic carbocycles. The maximum atomic E-state index is 12.9. The molecular formula is C17H14ClNO3S. The summed E-state index contributed by atoms with van der Waals surface area (Å²) in [6.07, 6.45) is 1.34. The van der Waals surface area contributed by atoms with Gasteiger partial charge < -0.3 is 0 Å². The molecule has 0 unspecified atom stereocenters. The smallest absolute Gasteiger partial charge is 0.268 e. The number of aryl methyl sites for hydroxylation is 1. The standard InChI is InChI=1S/C17H14ClNO3S/c1-11-6-8-13(9-7-11)23(21,22)19-10-14(12(2)20)17-15(18)4-3-5-16(17)19/h3-10H,1-2H3. The van der Waals surface area contributed by atoms with E-state index in [1.807, 2.05) is 6.92 Å². The SMILES string of the molecule is CC(=O)c1cn(S(=O)(=O)c2ccc(C)cc2)c2cccc(Cl)c12. The highest BCUT2D eigenvalue weighted by Crippen LogP contribution is 2.31. The van der Waals surface area contributed by atoms with Crippen LogP contribution in [-0.2, 0) is 10.0 Å². The second kappa shape index (κ2) is 5.51. The molecule has 0 N–H and O–H groups in total. The zero-order valence-corrected chi connectivity index (χ0v) is 14.1. The Kier molecular flexibility index (Phi) is 3.78. The van der Waals surface area contributed by atoms with Crippen LogP contribution in [0.3, 0.4) is 0 Å². The van der Waals surface area contributed by atoms with Crippen LogP contribution in [0.4, 0.5) is 0 Å². The van der Waals surface area contributed by atoms with Crippen molar-refractivity contribution in [2.24, 2.45) is 0 Å². The molecule has 23 heavy (non-hydrogen) atoms. The number of ketones is 1. The van der Waals surface area contributed by atoms with E-state index in [2.05, 4.69) is 0 Å². The molecule has 3 aromatic rings. The van der Waals surface area contributed by atoms with Crippen molar-refractivity contribution in [1.29, 1.82) is 0 Å². The van der Waals surface area contributed by atoms with Gasteiger partial charge in [0, 0.05) is 17.1 Å². The van der Waals surface area contributed by atoms with Crippen LogP contribution in [0.5, 0.6) is 0 Å². The number of Topliss-reactive ketones (excluding diaryl/α,β-unsaturated/α-hetero) is 1. The summed E-state index contributed by atoms with van der Waals surface area (Å²) in [5.74, 6) is -0.235. The number of benzene rings is 2. The topological polar surface area (TPSA) is 56.1 Å². The second-order valence-electron chi connectivity index (χ2n) is 5.35. The lowest BCUT2D eigenvalue weighted by atomic mass is 10.1. The van der Waals surface area contributed by atoms with Crippen LogP contribution >= 0.6 is 11.6 Å². The van der Waals surface area contributed by atoms with Crippen molar-refractivity contribution in [2.45, 2.75) is 18.7 Å². The van der Waals surface area contributed by atoms with Gasteiger partial charge in [-0.3, -0.25) is 4.79 Å². The van der Waals surface area contributed by atoms with E-state index < -0.39 is 10.0 Å². The number of nitrogens with zero attached hydrogens (tertiary/aromatic N) is 1. The third kappa shape index (κ3) is 2.56. The maximum Gasteiger partial charge on any atom is 0.268 e. The van der Waals surface area contributed by atoms with E-state index in [-0.39, 0.29) is 10.7 Å². The fourth-order valence-electron chi connectivity index (χ4n) is 2.50. The summed E-state index contributed by atoms with van der Waals surface area (Å²) in [6, 6.07) is 11.5. The average Bonchev–Trinajstić information content (AvgIpc) is 2.89. The normalized spacial score (nSPS) is 11.8. The summed E-state index contributed by atoms with van der Waals surface area (Å²) in [7, 11) is -3.81. The Morgan fingerprint density at radius 3 is 2.35 bits per heavy atom. The highest BCUT2D eigenvalue weighted by Gasteiger charge is 2.23. The van der Waals surface area contributed by atoms with Crippen molar-refractivity contribution in [3.05, 3.63) is 64.8 Å². The number of hydrogen-bond acceptors (Lipinski definition) is 3. The van der Waals surface area contributed by atoms with E-state index in [1.54, 1.807) is 42.5 Å². The summed E-state index contributed by atoms with van der Waals surface area (Å²) in [6.45, 7) is 3.27. The van der Waals surface area contributed by atoms with Gasteiger partial charge >= 0.3 is 0 Å². The van der Waals surface area contributed by atoms with Crippen molar-refractivity contribution in [2.75, 3.05) is 0 Å². The fraction of sp³-hybridized carbons (Fsp3) is 0.118. The molecule has 0 bridgehead atoms. The Labute approximate surface area is 139 Å². The van der Waals surface area contributed by atoms with E-state index in [9.17, 15) is 13.2 Å². The largest absolute Gasteiger partial charge is 0.294 e. The summed E-state index contributed by atoms with van der Waals surface area (Å²) in [4.78, 5) is 12.0. The van der Waals surface area contributed by atoms with Crippen molar-refractivity contribution < 1.29 is 13.2 Å². The van der Waals surface area contributed by atoms with Crippen molar-refractivity contribution in [1.82, 2.24) is 3.97 Å². The lowest BCUT2D eigenvalue weighted by molar-refractivity contribution is 0.101. The summed E-state index contributed by atoms with van der Waals surface area (Å²) >= 11 is 6.18. The van der Waals surface area contributed by atoms with Gasteiger partial charge in [0.2, 0.25) is 0 Å². The van der Waals surface area contributed by atoms with Crippen LogP contribution in [0, 0.1) is 6.92 Å². The molecule has 0 radical (unpaired) electrons. The van der Waals surface area contributed by atoms with Gasteiger partial charge in [-0.25, -0.2) is 12.4 Å². The first-order valence-corrected chi connectivity index (χ1v) is 8.77. The number of hydrogen-bond donors (Lipinski definition) is 0. The quantitative estimate of drug-likeness (QED) is 0.672. The molecule has 1 heterocycles. The van der Waals surface area contributed by atoms with Gasteiger partial charge in [-0.1, -0.05) is 35.4 Å². The molecule has 0 fully saturated rings. The van der Waals surface area contributed by atoms with E-state index in [0.717, 1.165) is 9.54 Å². The summed E-state index contributed by atoms with van der Waals surface area (Å²) in [5, 5.41) is 0.808. The predicted molar refractivity (Wildman–Crippen MR) is 90.7 cm³/mol. The van der Waals surface area contributed by atoms with Crippen LogP contribution in [0.1, 0.15) is 22.8 Å². The minimum atomic E-state index is -3.81. The summed E-state index contributed by atoms with van der Waals surface area (Å²) in [5.41, 5.74) is 1.65. The molecule has 0 aliphatic heterocycles. The van der Waals surface area contributed by atoms with Gasteiger partial charge in [-0.2, -0.15) is 0 Å². The first-order valence-electron chi connectivity index (χ1n) is 6.95. The number of rotatable bonds is 3. The Morgan fingerprint density at radius 1 is 1.09 bits per heavy atom. The van der Waals surface area contributed by atoms with Gasteiger partial charge in [-0.15, -0.1) is 0 Å². The van der Waals surface area contributed by atoms with E-state index in [1.165, 1.54) is 13.1 Å². The molecule has 0 atom stereocenters. The first kappa shape index (κ1) is 15.8. The van der Waals surface area contributed by atoms with Crippen molar-refractivity contribution >= 4 is 38.3 Å². The number of fused-ring (bicyclic) bond motifs is 1. The molecule has 118 valence electrons. The molecule has 0 amide bonds. The molecule has 3 rings (SSSR count). The lowest BCUT2D eigenvalue weighted by Gasteiger charge is -2.08. The number of halogens is 1. The minimum Gasteiger partial charge on any atom is -0.294 e. The molecule has 0 saturated carbocycles. The van der Waals surface area contributed by atoms with Crippen molar-refractivity contribution in [3.8, 4) is 0 Å². The highest BCUT2D eigenvalue weighted by atomic mass is 35.5. The third-order valence-electron chi connectivity index (χ3n) is 3.70. The Bertz CT molecular complexity index is 1020. The average molecular weight is 348 g/mol. The monoisotopic (exact) mass is 347 g/mol. The Balaban J connectivity index is 2.34. The third-order valence-corrected chi connectivity index (χ3v) is 5.70. The van der Waals surface area contributed by atoms with Gasteiger partial charge in [0.1, 0.15) is 0 Å². The predicted octanol–water partition coefficient (Wildman–Crippen LogP) is 4.04. The first-order chi connectivity index (χ1) is 10.8. The van der Waals surface area contributed by atoms with Gasteiger partial charge in [0.15, 0.2) is 5.78 Å². The zero-order valence-electron chi connectivity index (χ0n) is 12.6. The number of carbonyl (C=O) groups is 1. The number of carbonyl (C=O) groups excluding carboxylic acids is 1. The van der Waals surface area contributed by atoms with Crippen LogP contribution in [0.25, 0.3) is 10.9 Å². The van der Waals surface area contributed by atoms with Gasteiger partial charge in [0.05, 0.1) is 15.4 Å². The molecule has 0 aliphatic rings. The van der Waals surface area contributed by atoms with E-state index in [4.69, 9.17) is 11.6 Å². The van der Waals surface area contributed by atoms with Crippen LogP contribution in [0.2, 0.25) is 5.02 Å². The maximum absolute atomic E-state index is 12.9. The van der Waals surface area contributed by atoms with Crippen LogP contribution < -0.4 is 0 Å². The highest BCUT2D eigenvalue weighted by molar-refractivity contribution is 7.90. The molecule has 4 nitrogen and oxygen atoms in total. The fourth-order valence-corrected chi connectivity index (χ4v) is 4.14. The Hall–Kier alpha value is -2.11. The Morgan fingerprint density at radius 2 is 1.74 bits per heavy atom. The minimum absolute atomic E-state index is 0.162. The van der Waals surface area contributed by atoms with Gasteiger partial charge in [0.25, 0.3) is 10.0 Å². The molecule has 2 aromatic carbocycles. The van der Waals surface area contributed by atoms with Crippen LogP contribution in [0.15, 0.2) is 53.6 Å². The number of aromatic nitrogens is 1. The van der Waals surface area contributed by atoms with Gasteiger partial charge in [-0.05, 0) is 38.1 Å². The zero-order chi connectivity index (χ0) is 16.8. The molecule has 6 heteroatoms. The van der Waals surface area contributed by atoms with Crippen LogP contribution in [-0.4, -0.2) is 18.2 Å². The van der Waals surface area contributed by atoms with E-state index >= 15 is 0 Å².